The second kappa shape index (κ2) is 10.7. The van der Waals surface area contributed by atoms with Gasteiger partial charge in [-0.3, -0.25) is 4.79 Å². The van der Waals surface area contributed by atoms with E-state index >= 15 is 0 Å². The molecule has 0 aromatic heterocycles. The first-order chi connectivity index (χ1) is 15.6. The smallest absolute Gasteiger partial charge is 0.253 e. The van der Waals surface area contributed by atoms with Gasteiger partial charge in [-0.05, 0) is 68.0 Å². The Labute approximate surface area is 195 Å². The SMILES string of the molecule is COc1ccc(C(=O)N2CCC(Cc3ccccc3)CC2)cc1CSc1ccc(C)cc1. The summed E-state index contributed by atoms with van der Waals surface area (Å²) in [6, 6.07) is 25.0. The van der Waals surface area contributed by atoms with E-state index in [-0.39, 0.29) is 5.91 Å². The topological polar surface area (TPSA) is 29.5 Å². The molecule has 1 saturated heterocycles. The summed E-state index contributed by atoms with van der Waals surface area (Å²) < 4.78 is 5.57. The molecule has 4 rings (SSSR count). The van der Waals surface area contributed by atoms with E-state index in [4.69, 9.17) is 4.74 Å². The van der Waals surface area contributed by atoms with Crippen LogP contribution in [0.3, 0.4) is 0 Å². The number of benzene rings is 3. The molecule has 0 N–H and O–H groups in total. The molecule has 1 aliphatic heterocycles. The number of amides is 1. The Kier molecular flexibility index (Phi) is 7.54. The first-order valence-corrected chi connectivity index (χ1v) is 12.3. The van der Waals surface area contributed by atoms with Crippen molar-refractivity contribution in [2.45, 2.75) is 36.8 Å². The fourth-order valence-electron chi connectivity index (χ4n) is 4.29. The quantitative estimate of drug-likeness (QED) is 0.395. The summed E-state index contributed by atoms with van der Waals surface area (Å²) in [4.78, 5) is 16.4. The molecule has 0 aliphatic carbocycles. The molecule has 0 unspecified atom stereocenters. The molecule has 166 valence electrons. The number of likely N-dealkylation sites (tertiary alicyclic amines) is 1. The van der Waals surface area contributed by atoms with Crippen LogP contribution in [0.25, 0.3) is 0 Å². The maximum absolute atomic E-state index is 13.2. The zero-order valence-corrected chi connectivity index (χ0v) is 19.7. The Morgan fingerprint density at radius 1 is 1.00 bits per heavy atom. The van der Waals surface area contributed by atoms with Crippen LogP contribution in [-0.4, -0.2) is 31.0 Å². The summed E-state index contributed by atoms with van der Waals surface area (Å²) in [5.41, 5.74) is 4.46. The second-order valence-corrected chi connectivity index (χ2v) is 9.60. The maximum Gasteiger partial charge on any atom is 0.253 e. The fraction of sp³-hybridized carbons (Fsp3) is 0.321. The number of hydrogen-bond donors (Lipinski definition) is 0. The van der Waals surface area contributed by atoms with E-state index in [9.17, 15) is 4.79 Å². The van der Waals surface area contributed by atoms with Crippen LogP contribution < -0.4 is 4.74 Å². The molecule has 3 nitrogen and oxygen atoms in total. The van der Waals surface area contributed by atoms with Crippen molar-refractivity contribution in [3.63, 3.8) is 0 Å². The maximum atomic E-state index is 13.2. The lowest BCUT2D eigenvalue weighted by molar-refractivity contribution is 0.0690. The normalized spacial score (nSPS) is 14.4. The Hall–Kier alpha value is -2.72. The third-order valence-electron chi connectivity index (χ3n) is 6.21. The van der Waals surface area contributed by atoms with Gasteiger partial charge in [0.25, 0.3) is 5.91 Å². The van der Waals surface area contributed by atoms with Gasteiger partial charge >= 0.3 is 0 Å². The van der Waals surface area contributed by atoms with Crippen LogP contribution in [0.15, 0.2) is 77.7 Å². The Bertz CT molecular complexity index is 1030. The van der Waals surface area contributed by atoms with Crippen molar-refractivity contribution in [1.82, 2.24) is 4.90 Å². The first kappa shape index (κ1) is 22.5. The third kappa shape index (κ3) is 5.74. The zero-order chi connectivity index (χ0) is 22.3. The largest absolute Gasteiger partial charge is 0.496 e. The van der Waals surface area contributed by atoms with Crippen molar-refractivity contribution >= 4 is 17.7 Å². The van der Waals surface area contributed by atoms with E-state index in [1.807, 2.05) is 23.1 Å². The van der Waals surface area contributed by atoms with Crippen LogP contribution in [0.5, 0.6) is 5.75 Å². The molecule has 1 aliphatic rings. The number of ether oxygens (including phenoxy) is 1. The van der Waals surface area contributed by atoms with Gasteiger partial charge in [0.1, 0.15) is 5.75 Å². The van der Waals surface area contributed by atoms with Gasteiger partial charge in [0.2, 0.25) is 0 Å². The van der Waals surface area contributed by atoms with E-state index in [2.05, 4.69) is 61.5 Å². The average Bonchev–Trinajstić information content (AvgIpc) is 2.84. The van der Waals surface area contributed by atoms with E-state index in [1.165, 1.54) is 16.0 Å². The summed E-state index contributed by atoms with van der Waals surface area (Å²) in [5.74, 6) is 2.39. The highest BCUT2D eigenvalue weighted by atomic mass is 32.2. The minimum absolute atomic E-state index is 0.132. The monoisotopic (exact) mass is 445 g/mol. The average molecular weight is 446 g/mol. The lowest BCUT2D eigenvalue weighted by Crippen LogP contribution is -2.38. The number of thioether (sulfide) groups is 1. The molecule has 0 atom stereocenters. The molecular formula is C28H31NO2S. The number of methoxy groups -OCH3 is 1. The summed E-state index contributed by atoms with van der Waals surface area (Å²) in [6.07, 6.45) is 3.23. The number of rotatable bonds is 7. The lowest BCUT2D eigenvalue weighted by Gasteiger charge is -2.32. The molecule has 3 aromatic carbocycles. The summed E-state index contributed by atoms with van der Waals surface area (Å²) in [5, 5.41) is 0. The zero-order valence-electron chi connectivity index (χ0n) is 18.9. The molecule has 32 heavy (non-hydrogen) atoms. The van der Waals surface area contributed by atoms with E-state index in [0.29, 0.717) is 5.92 Å². The van der Waals surface area contributed by atoms with Gasteiger partial charge in [0, 0.05) is 34.9 Å². The van der Waals surface area contributed by atoms with Crippen LogP contribution in [0.4, 0.5) is 0 Å². The van der Waals surface area contributed by atoms with Gasteiger partial charge in [-0.1, -0.05) is 48.0 Å². The number of hydrogen-bond acceptors (Lipinski definition) is 3. The molecule has 1 amide bonds. The summed E-state index contributed by atoms with van der Waals surface area (Å²) in [7, 11) is 1.69. The van der Waals surface area contributed by atoms with Crippen LogP contribution in [-0.2, 0) is 12.2 Å². The van der Waals surface area contributed by atoms with Gasteiger partial charge in [0.15, 0.2) is 0 Å². The van der Waals surface area contributed by atoms with E-state index < -0.39 is 0 Å². The van der Waals surface area contributed by atoms with Crippen LogP contribution >= 0.6 is 11.8 Å². The van der Waals surface area contributed by atoms with E-state index in [0.717, 1.165) is 55.0 Å². The van der Waals surface area contributed by atoms with Gasteiger partial charge in [-0.15, -0.1) is 11.8 Å². The highest BCUT2D eigenvalue weighted by molar-refractivity contribution is 7.98. The van der Waals surface area contributed by atoms with Gasteiger partial charge in [-0.25, -0.2) is 0 Å². The van der Waals surface area contributed by atoms with Crippen LogP contribution in [0, 0.1) is 12.8 Å². The molecule has 0 bridgehead atoms. The van der Waals surface area contributed by atoms with Gasteiger partial charge in [0.05, 0.1) is 7.11 Å². The number of nitrogens with zero attached hydrogens (tertiary/aromatic N) is 1. The molecular weight excluding hydrogens is 414 g/mol. The van der Waals surface area contributed by atoms with Gasteiger partial charge in [-0.2, -0.15) is 0 Å². The highest BCUT2D eigenvalue weighted by Gasteiger charge is 2.24. The van der Waals surface area contributed by atoms with Crippen molar-refractivity contribution < 1.29 is 9.53 Å². The van der Waals surface area contributed by atoms with Crippen molar-refractivity contribution in [3.8, 4) is 5.75 Å². The Morgan fingerprint density at radius 3 is 2.41 bits per heavy atom. The van der Waals surface area contributed by atoms with Crippen molar-refractivity contribution in [2.75, 3.05) is 20.2 Å². The predicted octanol–water partition coefficient (Wildman–Crippen LogP) is 6.39. The lowest BCUT2D eigenvalue weighted by atomic mass is 9.90. The second-order valence-electron chi connectivity index (χ2n) is 8.55. The number of aryl methyl sites for hydroxylation is 1. The highest BCUT2D eigenvalue weighted by Crippen LogP contribution is 2.30. The van der Waals surface area contributed by atoms with Crippen molar-refractivity contribution in [1.29, 1.82) is 0 Å². The first-order valence-electron chi connectivity index (χ1n) is 11.3. The molecule has 1 heterocycles. The molecule has 0 radical (unpaired) electrons. The third-order valence-corrected chi connectivity index (χ3v) is 7.27. The molecule has 0 saturated carbocycles. The summed E-state index contributed by atoms with van der Waals surface area (Å²) in [6.45, 7) is 3.75. The van der Waals surface area contributed by atoms with Crippen molar-refractivity contribution in [2.24, 2.45) is 5.92 Å². The fourth-order valence-corrected chi connectivity index (χ4v) is 5.17. The van der Waals surface area contributed by atoms with E-state index in [1.54, 1.807) is 18.9 Å². The number of carbonyl (C=O) groups excluding carboxylic acids is 1. The Morgan fingerprint density at radius 2 is 1.72 bits per heavy atom. The minimum atomic E-state index is 0.132. The predicted molar refractivity (Wildman–Crippen MR) is 133 cm³/mol. The molecule has 3 aromatic rings. The minimum Gasteiger partial charge on any atom is -0.496 e. The molecule has 4 heteroatoms. The van der Waals surface area contributed by atoms with Gasteiger partial charge < -0.3 is 9.64 Å². The summed E-state index contributed by atoms with van der Waals surface area (Å²) >= 11 is 1.76. The standard InChI is InChI=1S/C28H31NO2S/c1-21-8-11-26(12-9-21)32-20-25-19-24(10-13-27(25)31-2)28(30)29-16-14-23(15-17-29)18-22-6-4-3-5-7-22/h3-13,19,23H,14-18,20H2,1-2H3. The van der Waals surface area contributed by atoms with Crippen LogP contribution in [0.2, 0.25) is 0 Å². The number of carbonyl (C=O) groups is 1. The van der Waals surface area contributed by atoms with Crippen molar-refractivity contribution in [3.05, 3.63) is 95.1 Å². The number of piperidine rings is 1. The Balaban J connectivity index is 1.38. The van der Waals surface area contributed by atoms with Crippen LogP contribution in [0.1, 0.15) is 39.9 Å². The molecule has 0 spiro atoms. The molecule has 1 fully saturated rings.